The Labute approximate surface area is 186 Å². The van der Waals surface area contributed by atoms with Gasteiger partial charge in [-0.1, -0.05) is 35.9 Å². The molecule has 0 atom stereocenters. The number of para-hydroxylation sites is 2. The third-order valence-electron chi connectivity index (χ3n) is 5.66. The first-order valence-electron chi connectivity index (χ1n) is 10.3. The van der Waals surface area contributed by atoms with E-state index in [4.69, 9.17) is 16.3 Å². The number of hydrogen-bond donors (Lipinski definition) is 1. The van der Waals surface area contributed by atoms with Crippen LogP contribution in [0.2, 0.25) is 5.02 Å². The van der Waals surface area contributed by atoms with Gasteiger partial charge in [-0.05, 0) is 35.9 Å². The summed E-state index contributed by atoms with van der Waals surface area (Å²) in [4.78, 5) is 17.2. The summed E-state index contributed by atoms with van der Waals surface area (Å²) in [6.45, 7) is 4.29. The molecule has 162 valence electrons. The highest BCUT2D eigenvalue weighted by Gasteiger charge is 2.21. The molecule has 0 bridgehead atoms. The largest absolute Gasteiger partial charge is 0.503 e. The fraction of sp³-hybridized carbons (Fsp3) is 0.292. The van der Waals surface area contributed by atoms with Gasteiger partial charge in [-0.25, -0.2) is 0 Å². The van der Waals surface area contributed by atoms with E-state index in [9.17, 15) is 9.90 Å². The number of anilines is 1. The number of halogens is 1. The average Bonchev–Trinajstić information content (AvgIpc) is 2.79. The molecule has 0 aliphatic carbocycles. The Morgan fingerprint density at radius 3 is 2.52 bits per heavy atom. The van der Waals surface area contributed by atoms with Gasteiger partial charge in [-0.2, -0.15) is 0 Å². The molecule has 1 aliphatic heterocycles. The van der Waals surface area contributed by atoms with Crippen LogP contribution in [0.15, 0.2) is 65.6 Å². The summed E-state index contributed by atoms with van der Waals surface area (Å²) >= 11 is 6.03. The number of ether oxygens (including phenoxy) is 1. The van der Waals surface area contributed by atoms with Crippen molar-refractivity contribution in [2.45, 2.75) is 13.1 Å². The fourth-order valence-corrected chi connectivity index (χ4v) is 4.18. The smallest absolute Gasteiger partial charge is 0.293 e. The van der Waals surface area contributed by atoms with Gasteiger partial charge >= 0.3 is 0 Å². The zero-order chi connectivity index (χ0) is 21.8. The molecule has 2 heterocycles. The lowest BCUT2D eigenvalue weighted by atomic mass is 10.1. The minimum Gasteiger partial charge on any atom is -0.503 e. The number of benzene rings is 2. The standard InChI is InChI=1S/C24H26ClN3O3/c1-31-22-8-3-2-7-21(22)27-13-11-26(12-14-27)17-19-9-10-28(24(30)23(19)29)16-18-5-4-6-20(25)15-18/h2-10,15,29H,11-14,16-17H2,1H3. The predicted octanol–water partition coefficient (Wildman–Crippen LogP) is 3.59. The minimum atomic E-state index is -0.384. The maximum Gasteiger partial charge on any atom is 0.293 e. The molecule has 6 nitrogen and oxygen atoms in total. The second-order valence-corrected chi connectivity index (χ2v) is 8.12. The molecule has 1 N–H and O–H groups in total. The van der Waals surface area contributed by atoms with Crippen molar-refractivity contribution in [2.75, 3.05) is 38.2 Å². The van der Waals surface area contributed by atoms with Crippen molar-refractivity contribution in [3.05, 3.63) is 87.3 Å². The van der Waals surface area contributed by atoms with Gasteiger partial charge in [0.1, 0.15) is 5.75 Å². The summed E-state index contributed by atoms with van der Waals surface area (Å²) in [7, 11) is 1.69. The molecular weight excluding hydrogens is 414 g/mol. The molecule has 1 aliphatic rings. The van der Waals surface area contributed by atoms with E-state index in [1.807, 2.05) is 42.5 Å². The predicted molar refractivity (Wildman–Crippen MR) is 123 cm³/mol. The van der Waals surface area contributed by atoms with Gasteiger partial charge in [0.25, 0.3) is 5.56 Å². The van der Waals surface area contributed by atoms with E-state index < -0.39 is 0 Å². The number of aromatic hydroxyl groups is 1. The molecule has 4 rings (SSSR count). The first kappa shape index (κ1) is 21.3. The van der Waals surface area contributed by atoms with Gasteiger partial charge in [0.2, 0.25) is 0 Å². The fourth-order valence-electron chi connectivity index (χ4n) is 3.96. The molecule has 31 heavy (non-hydrogen) atoms. The maximum absolute atomic E-state index is 12.7. The van der Waals surface area contributed by atoms with Crippen LogP contribution < -0.4 is 15.2 Å². The summed E-state index contributed by atoms with van der Waals surface area (Å²) in [5.41, 5.74) is 2.27. The number of piperazine rings is 1. The highest BCUT2D eigenvalue weighted by Crippen LogP contribution is 2.28. The molecule has 0 spiro atoms. The third kappa shape index (κ3) is 4.86. The molecule has 1 aromatic heterocycles. The summed E-state index contributed by atoms with van der Waals surface area (Å²) in [6, 6.07) is 17.2. The van der Waals surface area contributed by atoms with Crippen molar-refractivity contribution in [1.82, 2.24) is 9.47 Å². The number of pyridine rings is 1. The number of methoxy groups -OCH3 is 1. The van der Waals surface area contributed by atoms with Crippen molar-refractivity contribution in [1.29, 1.82) is 0 Å². The normalized spacial score (nSPS) is 14.6. The van der Waals surface area contributed by atoms with Gasteiger partial charge in [0, 0.05) is 49.5 Å². The SMILES string of the molecule is COc1ccccc1N1CCN(Cc2ccn(Cc3cccc(Cl)c3)c(=O)c2O)CC1. The van der Waals surface area contributed by atoms with E-state index >= 15 is 0 Å². The summed E-state index contributed by atoms with van der Waals surface area (Å²) < 4.78 is 6.98. The summed E-state index contributed by atoms with van der Waals surface area (Å²) in [6.07, 6.45) is 1.74. The Hall–Kier alpha value is -2.96. The van der Waals surface area contributed by atoms with Gasteiger partial charge < -0.3 is 19.3 Å². The topological polar surface area (TPSA) is 57.9 Å². The maximum atomic E-state index is 12.7. The first-order chi connectivity index (χ1) is 15.0. The molecule has 2 aromatic carbocycles. The quantitative estimate of drug-likeness (QED) is 0.636. The molecule has 0 radical (unpaired) electrons. The van der Waals surface area contributed by atoms with Gasteiger partial charge in [0.15, 0.2) is 5.75 Å². The Kier molecular flexibility index (Phi) is 6.49. The highest BCUT2D eigenvalue weighted by molar-refractivity contribution is 6.30. The van der Waals surface area contributed by atoms with Crippen LogP contribution >= 0.6 is 11.6 Å². The second-order valence-electron chi connectivity index (χ2n) is 7.69. The van der Waals surface area contributed by atoms with Crippen molar-refractivity contribution in [2.24, 2.45) is 0 Å². The van der Waals surface area contributed by atoms with Crippen LogP contribution in [0.1, 0.15) is 11.1 Å². The van der Waals surface area contributed by atoms with Crippen LogP contribution in [0.25, 0.3) is 0 Å². The highest BCUT2D eigenvalue weighted by atomic mass is 35.5. The van der Waals surface area contributed by atoms with Crippen LogP contribution in [-0.2, 0) is 13.1 Å². The Morgan fingerprint density at radius 2 is 1.77 bits per heavy atom. The molecule has 0 unspecified atom stereocenters. The minimum absolute atomic E-state index is 0.184. The van der Waals surface area contributed by atoms with E-state index in [0.29, 0.717) is 23.7 Å². The monoisotopic (exact) mass is 439 g/mol. The molecule has 3 aromatic rings. The van der Waals surface area contributed by atoms with Crippen LogP contribution in [-0.4, -0.2) is 47.9 Å². The Bertz CT molecular complexity index is 1110. The van der Waals surface area contributed by atoms with Gasteiger partial charge in [-0.15, -0.1) is 0 Å². The van der Waals surface area contributed by atoms with E-state index in [2.05, 4.69) is 15.9 Å². The Balaban J connectivity index is 1.41. The number of nitrogens with zero attached hydrogens (tertiary/aromatic N) is 3. The lowest BCUT2D eigenvalue weighted by molar-refractivity contribution is 0.245. The molecule has 0 saturated carbocycles. The van der Waals surface area contributed by atoms with Crippen LogP contribution in [0.3, 0.4) is 0 Å². The van der Waals surface area contributed by atoms with E-state index in [1.54, 1.807) is 19.4 Å². The van der Waals surface area contributed by atoms with Crippen molar-refractivity contribution < 1.29 is 9.84 Å². The third-order valence-corrected chi connectivity index (χ3v) is 5.89. The summed E-state index contributed by atoms with van der Waals surface area (Å²) in [5.74, 6) is 0.689. The van der Waals surface area contributed by atoms with Crippen molar-refractivity contribution in [3.63, 3.8) is 0 Å². The lowest BCUT2D eigenvalue weighted by Crippen LogP contribution is -2.46. The second kappa shape index (κ2) is 9.45. The average molecular weight is 440 g/mol. The molecule has 1 fully saturated rings. The lowest BCUT2D eigenvalue weighted by Gasteiger charge is -2.36. The molecule has 7 heteroatoms. The summed E-state index contributed by atoms with van der Waals surface area (Å²) in [5, 5.41) is 11.2. The molecule has 0 amide bonds. The zero-order valence-corrected chi connectivity index (χ0v) is 18.3. The molecular formula is C24H26ClN3O3. The zero-order valence-electron chi connectivity index (χ0n) is 17.5. The molecule has 1 saturated heterocycles. The number of rotatable bonds is 6. The van der Waals surface area contributed by atoms with E-state index in [1.165, 1.54) is 4.57 Å². The van der Waals surface area contributed by atoms with E-state index in [0.717, 1.165) is 43.2 Å². The van der Waals surface area contributed by atoms with Crippen LogP contribution in [0.5, 0.6) is 11.5 Å². The first-order valence-corrected chi connectivity index (χ1v) is 10.7. The van der Waals surface area contributed by atoms with Crippen LogP contribution in [0.4, 0.5) is 5.69 Å². The van der Waals surface area contributed by atoms with Gasteiger partial charge in [-0.3, -0.25) is 9.69 Å². The van der Waals surface area contributed by atoms with Crippen LogP contribution in [0, 0.1) is 0 Å². The van der Waals surface area contributed by atoms with Crippen molar-refractivity contribution >= 4 is 17.3 Å². The number of aromatic nitrogens is 1. The van der Waals surface area contributed by atoms with Gasteiger partial charge in [0.05, 0.1) is 19.3 Å². The van der Waals surface area contributed by atoms with E-state index in [-0.39, 0.29) is 11.3 Å². The number of hydrogen-bond acceptors (Lipinski definition) is 5. The Morgan fingerprint density at radius 1 is 1.00 bits per heavy atom. The van der Waals surface area contributed by atoms with Crippen molar-refractivity contribution in [3.8, 4) is 11.5 Å².